The lowest BCUT2D eigenvalue weighted by Gasteiger charge is -2.63. The number of unbranched alkanes of at least 4 members (excludes halogenated alkanes) is 2. The lowest BCUT2D eigenvalue weighted by atomic mass is 9.41. The van der Waals surface area contributed by atoms with Gasteiger partial charge in [-0.1, -0.05) is 221 Å². The standard InChI is InChI=1S/C59H56N2O.C58H54N2O/c1-4-6-9-43-16-24-49(25-17-43)60(50-26-20-47(21-27-50)59-38-44-34-45(39-59)37-58(36-44,40-59)46-18-14-42(5-2)15-19-46)51-28-30-52(31-29-51)61(48-22-12-41(3)13-23-48)53-32-33-57-55(35-53)54-10-7-8-11-56(54)62-57;1-3-5-11-42-18-24-48(25-19-42)59(49-26-22-46(23-27-49)58-38-43-34-44(39-58)37-57(36-43,40-58)45-20-16-41(4-2)17-21-45)50-28-30-51(31-29-50)60(47-12-7-6-8-13-47)52-32-33-56-54(35-52)53-14-9-10-15-55(53)61-56/h5,7-8,10-33,35,44-45H,2,4,6,9,34,36-40H2,1,3H3;4,6-10,12-33,35,43-44H,2-3,5,11,34,36-40H2,1H3. The molecule has 4 unspecified atom stereocenters. The molecule has 123 heavy (non-hydrogen) atoms. The van der Waals surface area contributed by atoms with Crippen LogP contribution in [0.4, 0.5) is 68.2 Å². The SMILES string of the molecule is C=Cc1ccc(C23CC4CC(C2)CC(c2ccc(N(c5ccc(CCCC)cc5)c5ccc(N(c6ccc(C)cc6)c6ccc7oc8ccccc8c7c6)cc5)cc2)(C4)C3)cc1.C=Cc1ccc(C23CC4CC(C2)CC(c2ccc(N(c5ccc(CCCC)cc5)c5ccc(N(c6ccccc6)c6ccc7oc8ccccc8c7c6)cc5)cc2)(C4)C3)cc1. The van der Waals surface area contributed by atoms with Crippen molar-refractivity contribution in [2.75, 3.05) is 19.6 Å². The number of aryl methyl sites for hydroxylation is 3. The van der Waals surface area contributed by atoms with Crippen molar-refractivity contribution in [3.63, 3.8) is 0 Å². The molecule has 14 aromatic carbocycles. The Morgan fingerprint density at radius 1 is 0.285 bits per heavy atom. The van der Waals surface area contributed by atoms with Gasteiger partial charge in [-0.05, 0) is 369 Å². The summed E-state index contributed by atoms with van der Waals surface area (Å²) in [6.07, 6.45) is 26.9. The Morgan fingerprint density at radius 2 is 0.545 bits per heavy atom. The van der Waals surface area contributed by atoms with E-state index in [0.29, 0.717) is 0 Å². The van der Waals surface area contributed by atoms with Crippen LogP contribution in [0.25, 0.3) is 56.0 Å². The average Bonchev–Trinajstić information content (AvgIpc) is 1.16. The van der Waals surface area contributed by atoms with Crippen molar-refractivity contribution in [3.8, 4) is 0 Å². The van der Waals surface area contributed by atoms with Gasteiger partial charge in [-0.3, -0.25) is 0 Å². The number of nitrogens with zero attached hydrogens (tertiary/aromatic N) is 4. The maximum atomic E-state index is 6.24. The van der Waals surface area contributed by atoms with Crippen LogP contribution in [0.3, 0.4) is 0 Å². The van der Waals surface area contributed by atoms with Crippen molar-refractivity contribution >= 4 is 124 Å². The molecule has 0 spiro atoms. The summed E-state index contributed by atoms with van der Waals surface area (Å²) in [7, 11) is 0. The van der Waals surface area contributed by atoms with Crippen molar-refractivity contribution in [1.29, 1.82) is 0 Å². The highest BCUT2D eigenvalue weighted by atomic mass is 16.3. The third-order valence-electron chi connectivity index (χ3n) is 29.4. The molecular weight excluding hydrogens is 1490 g/mol. The number of para-hydroxylation sites is 3. The first-order valence-corrected chi connectivity index (χ1v) is 45.6. The number of benzene rings is 14. The Hall–Kier alpha value is -12.6. The number of hydrogen-bond donors (Lipinski definition) is 0. The zero-order valence-electron chi connectivity index (χ0n) is 71.5. The highest BCUT2D eigenvalue weighted by molar-refractivity contribution is 6.08. The summed E-state index contributed by atoms with van der Waals surface area (Å²) < 4.78 is 12.5. The van der Waals surface area contributed by atoms with E-state index in [2.05, 4.69) is 363 Å². The van der Waals surface area contributed by atoms with Crippen LogP contribution in [0.1, 0.15) is 167 Å². The van der Waals surface area contributed by atoms with Gasteiger partial charge in [0.25, 0.3) is 0 Å². The second kappa shape index (κ2) is 32.3. The van der Waals surface area contributed by atoms with Crippen LogP contribution in [0.2, 0.25) is 0 Å². The van der Waals surface area contributed by atoms with Gasteiger partial charge in [0.05, 0.1) is 0 Å². The lowest BCUT2D eigenvalue weighted by molar-refractivity contribution is -0.0282. The molecule has 2 heterocycles. The zero-order valence-corrected chi connectivity index (χ0v) is 71.5. The largest absolute Gasteiger partial charge is 0.456 e. The number of hydrogen-bond acceptors (Lipinski definition) is 6. The van der Waals surface area contributed by atoms with Gasteiger partial charge in [-0.25, -0.2) is 0 Å². The van der Waals surface area contributed by atoms with Crippen molar-refractivity contribution in [2.45, 2.75) is 158 Å². The van der Waals surface area contributed by atoms with Crippen LogP contribution >= 0.6 is 0 Å². The van der Waals surface area contributed by atoms with E-state index in [1.165, 1.54) is 164 Å². The second-order valence-electron chi connectivity index (χ2n) is 37.4. The van der Waals surface area contributed by atoms with E-state index in [4.69, 9.17) is 8.83 Å². The van der Waals surface area contributed by atoms with Crippen molar-refractivity contribution in [3.05, 3.63) is 397 Å². The number of anilines is 12. The zero-order chi connectivity index (χ0) is 82.8. The smallest absolute Gasteiger partial charge is 0.135 e. The van der Waals surface area contributed by atoms with E-state index in [9.17, 15) is 0 Å². The van der Waals surface area contributed by atoms with Crippen molar-refractivity contribution in [1.82, 2.24) is 0 Å². The molecule has 8 saturated carbocycles. The van der Waals surface area contributed by atoms with Gasteiger partial charge >= 0.3 is 0 Å². The van der Waals surface area contributed by atoms with Crippen LogP contribution < -0.4 is 19.6 Å². The maximum Gasteiger partial charge on any atom is 0.135 e. The van der Waals surface area contributed by atoms with Gasteiger partial charge < -0.3 is 28.4 Å². The molecule has 8 bridgehead atoms. The fraction of sp³-hybridized carbons (Fsp3) is 0.248. The Labute approximate surface area is 726 Å². The number of furan rings is 2. The van der Waals surface area contributed by atoms with Crippen molar-refractivity contribution in [2.24, 2.45) is 23.7 Å². The fourth-order valence-corrected chi connectivity index (χ4v) is 24.4. The first-order chi connectivity index (χ1) is 60.4. The number of fused-ring (bicyclic) bond motifs is 6. The molecule has 8 aliphatic carbocycles. The molecule has 0 aliphatic heterocycles. The van der Waals surface area contributed by atoms with Gasteiger partial charge in [-0.2, -0.15) is 0 Å². The van der Waals surface area contributed by atoms with Gasteiger partial charge in [0.2, 0.25) is 0 Å². The summed E-state index contributed by atoms with van der Waals surface area (Å²) in [5.41, 5.74) is 30.9. The minimum atomic E-state index is 0.234. The van der Waals surface area contributed by atoms with E-state index < -0.39 is 0 Å². The van der Waals surface area contributed by atoms with Gasteiger partial charge in [-0.15, -0.1) is 0 Å². The van der Waals surface area contributed by atoms with Gasteiger partial charge in [0.1, 0.15) is 22.3 Å². The van der Waals surface area contributed by atoms with Crippen LogP contribution in [0.5, 0.6) is 0 Å². The number of rotatable bonds is 24. The summed E-state index contributed by atoms with van der Waals surface area (Å²) in [6.45, 7) is 14.7. The molecule has 0 amide bonds. The third kappa shape index (κ3) is 14.6. The average molecular weight is 1600 g/mol. The summed E-state index contributed by atoms with van der Waals surface area (Å²) in [5.74, 6) is 3.21. The second-order valence-corrected chi connectivity index (χ2v) is 37.4. The monoisotopic (exact) mass is 1600 g/mol. The quantitative estimate of drug-likeness (QED) is 0.0600. The Kier molecular flexibility index (Phi) is 20.4. The minimum Gasteiger partial charge on any atom is -0.456 e. The Balaban J connectivity index is 0.000000151. The predicted octanol–water partition coefficient (Wildman–Crippen LogP) is 32.9. The molecule has 6 nitrogen and oxygen atoms in total. The van der Waals surface area contributed by atoms with E-state index >= 15 is 0 Å². The topological polar surface area (TPSA) is 39.2 Å². The van der Waals surface area contributed by atoms with E-state index in [1.54, 1.807) is 11.1 Å². The normalized spacial score (nSPS) is 21.5. The summed E-state index contributed by atoms with van der Waals surface area (Å²) in [6, 6.07) is 124. The molecule has 4 atom stereocenters. The molecule has 2 aromatic heterocycles. The summed E-state index contributed by atoms with van der Waals surface area (Å²) in [4.78, 5) is 9.59. The molecule has 8 fully saturated rings. The molecular formula is C117H110N4O2. The van der Waals surface area contributed by atoms with Crippen molar-refractivity contribution < 1.29 is 8.83 Å². The molecule has 0 radical (unpaired) electrons. The molecule has 8 aliphatic rings. The first kappa shape index (κ1) is 77.7. The van der Waals surface area contributed by atoms with Gasteiger partial charge in [0, 0.05) is 89.8 Å². The van der Waals surface area contributed by atoms with E-state index in [0.717, 1.165) is 126 Å². The molecule has 24 rings (SSSR count). The maximum absolute atomic E-state index is 6.24. The van der Waals surface area contributed by atoms with Crippen LogP contribution in [-0.4, -0.2) is 0 Å². The van der Waals surface area contributed by atoms with Crippen LogP contribution in [0, 0.1) is 30.6 Å². The highest BCUT2D eigenvalue weighted by Gasteiger charge is 2.60. The molecule has 0 saturated heterocycles. The molecule has 0 N–H and O–H groups in total. The van der Waals surface area contributed by atoms with E-state index in [-0.39, 0.29) is 21.7 Å². The van der Waals surface area contributed by atoms with Crippen LogP contribution in [0.15, 0.2) is 356 Å². The van der Waals surface area contributed by atoms with Gasteiger partial charge in [0.15, 0.2) is 0 Å². The Morgan fingerprint density at radius 3 is 0.870 bits per heavy atom. The summed E-state index contributed by atoms with van der Waals surface area (Å²) >= 11 is 0. The lowest BCUT2D eigenvalue weighted by Crippen LogP contribution is -2.55. The predicted molar refractivity (Wildman–Crippen MR) is 517 cm³/mol. The summed E-state index contributed by atoms with van der Waals surface area (Å²) in [5, 5.41) is 4.50. The molecule has 610 valence electrons. The first-order valence-electron chi connectivity index (χ1n) is 45.6. The van der Waals surface area contributed by atoms with E-state index in [1.807, 2.05) is 36.4 Å². The highest BCUT2D eigenvalue weighted by Crippen LogP contribution is 2.68. The van der Waals surface area contributed by atoms with Crippen LogP contribution in [-0.2, 0) is 34.5 Å². The Bertz CT molecular complexity index is 6450. The molecule has 16 aromatic rings. The molecule has 6 heteroatoms. The minimum absolute atomic E-state index is 0.234. The fourth-order valence-electron chi connectivity index (χ4n) is 24.4. The third-order valence-corrected chi connectivity index (χ3v) is 29.4.